The van der Waals surface area contributed by atoms with Gasteiger partial charge >= 0.3 is 11.6 Å². The first-order valence-corrected chi connectivity index (χ1v) is 7.55. The molecule has 0 saturated heterocycles. The van der Waals surface area contributed by atoms with Crippen molar-refractivity contribution in [1.82, 2.24) is 0 Å². The van der Waals surface area contributed by atoms with Gasteiger partial charge in [-0.1, -0.05) is 23.7 Å². The molecular formula is C18H13ClO5. The summed E-state index contributed by atoms with van der Waals surface area (Å²) in [5.74, 6) is -0.431. The third-order valence-electron chi connectivity index (χ3n) is 3.46. The number of hydrogen-bond donors (Lipinski definition) is 1. The predicted octanol–water partition coefficient (Wildman–Crippen LogP) is 3.44. The third-order valence-corrected chi connectivity index (χ3v) is 3.72. The van der Waals surface area contributed by atoms with E-state index in [0.29, 0.717) is 16.0 Å². The molecule has 0 saturated carbocycles. The number of rotatable bonds is 4. The zero-order chi connectivity index (χ0) is 17.1. The van der Waals surface area contributed by atoms with E-state index in [4.69, 9.17) is 20.8 Å². The molecule has 0 atom stereocenters. The number of hydrogen-bond acceptors (Lipinski definition) is 5. The molecule has 0 radical (unpaired) electrons. The normalized spacial score (nSPS) is 10.7. The zero-order valence-corrected chi connectivity index (χ0v) is 13.2. The molecule has 122 valence electrons. The summed E-state index contributed by atoms with van der Waals surface area (Å²) in [7, 11) is 0. The van der Waals surface area contributed by atoms with Gasteiger partial charge in [-0.05, 0) is 29.8 Å². The fourth-order valence-corrected chi connectivity index (χ4v) is 2.44. The number of benzene rings is 2. The Morgan fingerprint density at radius 3 is 2.62 bits per heavy atom. The Hall–Kier alpha value is -2.79. The van der Waals surface area contributed by atoms with Gasteiger partial charge in [0.05, 0.1) is 6.42 Å². The van der Waals surface area contributed by atoms with Crippen molar-refractivity contribution in [1.29, 1.82) is 0 Å². The molecule has 0 spiro atoms. The van der Waals surface area contributed by atoms with E-state index in [-0.39, 0.29) is 24.4 Å². The van der Waals surface area contributed by atoms with Gasteiger partial charge in [0, 0.05) is 28.1 Å². The lowest BCUT2D eigenvalue weighted by molar-refractivity contribution is -0.144. The highest BCUT2D eigenvalue weighted by Crippen LogP contribution is 2.22. The number of halogens is 1. The second-order valence-corrected chi connectivity index (χ2v) is 5.67. The van der Waals surface area contributed by atoms with Crippen LogP contribution >= 0.6 is 11.6 Å². The quantitative estimate of drug-likeness (QED) is 0.579. The first-order valence-electron chi connectivity index (χ1n) is 7.17. The average Bonchev–Trinajstić information content (AvgIpc) is 2.54. The molecule has 0 bridgehead atoms. The lowest BCUT2D eigenvalue weighted by Crippen LogP contribution is -2.09. The molecule has 0 aliphatic carbocycles. The van der Waals surface area contributed by atoms with Gasteiger partial charge < -0.3 is 14.3 Å². The Morgan fingerprint density at radius 1 is 1.12 bits per heavy atom. The maximum atomic E-state index is 11.9. The summed E-state index contributed by atoms with van der Waals surface area (Å²) >= 11 is 5.80. The van der Waals surface area contributed by atoms with Gasteiger partial charge in [-0.15, -0.1) is 0 Å². The smallest absolute Gasteiger partial charge is 0.336 e. The second kappa shape index (κ2) is 6.76. The number of fused-ring (bicyclic) bond motifs is 1. The molecule has 1 N–H and O–H groups in total. The molecule has 5 nitrogen and oxygen atoms in total. The standard InChI is InChI=1S/C18H13ClO5/c19-13-3-1-11(2-4-13)7-17(21)23-10-12-8-18(22)24-16-9-14(20)5-6-15(12)16/h1-6,8-9,20H,7,10H2. The van der Waals surface area contributed by atoms with Gasteiger partial charge in [0.1, 0.15) is 17.9 Å². The molecule has 0 amide bonds. The second-order valence-electron chi connectivity index (χ2n) is 5.24. The zero-order valence-electron chi connectivity index (χ0n) is 12.5. The SMILES string of the molecule is O=C(Cc1ccc(Cl)cc1)OCc1cc(=O)oc2cc(O)ccc12. The Labute approximate surface area is 142 Å². The number of esters is 1. The van der Waals surface area contributed by atoms with Crippen LogP contribution in [0.2, 0.25) is 5.02 Å². The van der Waals surface area contributed by atoms with E-state index >= 15 is 0 Å². The lowest BCUT2D eigenvalue weighted by atomic mass is 10.1. The van der Waals surface area contributed by atoms with Gasteiger partial charge in [-0.2, -0.15) is 0 Å². The minimum atomic E-state index is -0.572. The molecule has 1 heterocycles. The Kier molecular flexibility index (Phi) is 4.53. The van der Waals surface area contributed by atoms with E-state index in [0.717, 1.165) is 5.56 Å². The first-order chi connectivity index (χ1) is 11.5. The molecule has 0 fully saturated rings. The molecular weight excluding hydrogens is 332 g/mol. The Morgan fingerprint density at radius 2 is 1.88 bits per heavy atom. The van der Waals surface area contributed by atoms with Gasteiger partial charge in [0.25, 0.3) is 0 Å². The van der Waals surface area contributed by atoms with Crippen LogP contribution in [0.25, 0.3) is 11.0 Å². The number of carbonyl (C=O) groups excluding carboxylic acids is 1. The molecule has 2 aromatic carbocycles. The minimum Gasteiger partial charge on any atom is -0.508 e. The highest BCUT2D eigenvalue weighted by molar-refractivity contribution is 6.30. The highest BCUT2D eigenvalue weighted by atomic mass is 35.5. The third kappa shape index (κ3) is 3.75. The van der Waals surface area contributed by atoms with Gasteiger partial charge in [-0.25, -0.2) is 4.79 Å². The first kappa shape index (κ1) is 16.1. The summed E-state index contributed by atoms with van der Waals surface area (Å²) in [6.07, 6.45) is 0.108. The number of ether oxygens (including phenoxy) is 1. The van der Waals surface area contributed by atoms with Crippen molar-refractivity contribution in [2.24, 2.45) is 0 Å². The van der Waals surface area contributed by atoms with Crippen molar-refractivity contribution in [2.75, 3.05) is 0 Å². The fraction of sp³-hybridized carbons (Fsp3) is 0.111. The van der Waals surface area contributed by atoms with Crippen LogP contribution in [0, 0.1) is 0 Å². The van der Waals surface area contributed by atoms with E-state index in [1.54, 1.807) is 30.3 Å². The van der Waals surface area contributed by atoms with E-state index < -0.39 is 11.6 Å². The minimum absolute atomic E-state index is 0.0115. The topological polar surface area (TPSA) is 76.7 Å². The lowest BCUT2D eigenvalue weighted by Gasteiger charge is -2.07. The van der Waals surface area contributed by atoms with E-state index in [1.807, 2.05) is 0 Å². The highest BCUT2D eigenvalue weighted by Gasteiger charge is 2.10. The van der Waals surface area contributed by atoms with Crippen LogP contribution in [0.1, 0.15) is 11.1 Å². The molecule has 3 rings (SSSR count). The summed E-state index contributed by atoms with van der Waals surface area (Å²) < 4.78 is 10.3. The van der Waals surface area contributed by atoms with Crippen LogP contribution in [0.5, 0.6) is 5.75 Å². The molecule has 6 heteroatoms. The van der Waals surface area contributed by atoms with Crippen LogP contribution in [0.4, 0.5) is 0 Å². The van der Waals surface area contributed by atoms with Crippen LogP contribution in [-0.4, -0.2) is 11.1 Å². The summed E-state index contributed by atoms with van der Waals surface area (Å²) in [5.41, 5.74) is 0.973. The van der Waals surface area contributed by atoms with Crippen molar-refractivity contribution < 1.29 is 19.1 Å². The van der Waals surface area contributed by atoms with Gasteiger partial charge in [-0.3, -0.25) is 4.79 Å². The van der Waals surface area contributed by atoms with Crippen LogP contribution in [-0.2, 0) is 22.6 Å². The molecule has 3 aromatic rings. The molecule has 24 heavy (non-hydrogen) atoms. The van der Waals surface area contributed by atoms with E-state index in [2.05, 4.69) is 0 Å². The monoisotopic (exact) mass is 344 g/mol. The van der Waals surface area contributed by atoms with Crippen LogP contribution in [0.3, 0.4) is 0 Å². The summed E-state index contributed by atoms with van der Waals surface area (Å²) in [6, 6.07) is 12.6. The van der Waals surface area contributed by atoms with Crippen molar-refractivity contribution in [3.05, 3.63) is 75.1 Å². The predicted molar refractivity (Wildman–Crippen MR) is 89.1 cm³/mol. The Bertz CT molecular complexity index is 944. The number of carbonyl (C=O) groups is 1. The summed E-state index contributed by atoms with van der Waals surface area (Å²) in [6.45, 7) is -0.0563. The van der Waals surface area contributed by atoms with Crippen LogP contribution in [0.15, 0.2) is 57.7 Å². The number of phenolic OH excluding ortho intramolecular Hbond substituents is 1. The molecule has 1 aromatic heterocycles. The molecule has 0 aliphatic heterocycles. The summed E-state index contributed by atoms with van der Waals surface area (Å²) in [4.78, 5) is 23.5. The van der Waals surface area contributed by atoms with Gasteiger partial charge in [0.15, 0.2) is 0 Å². The molecule has 0 aliphatic rings. The van der Waals surface area contributed by atoms with Crippen molar-refractivity contribution >= 4 is 28.5 Å². The van der Waals surface area contributed by atoms with Gasteiger partial charge in [0.2, 0.25) is 0 Å². The molecule has 0 unspecified atom stereocenters. The van der Waals surface area contributed by atoms with Crippen molar-refractivity contribution in [2.45, 2.75) is 13.0 Å². The summed E-state index contributed by atoms with van der Waals surface area (Å²) in [5, 5.41) is 10.7. The van der Waals surface area contributed by atoms with Crippen LogP contribution < -0.4 is 5.63 Å². The van der Waals surface area contributed by atoms with E-state index in [1.165, 1.54) is 18.2 Å². The van der Waals surface area contributed by atoms with Crippen molar-refractivity contribution in [3.63, 3.8) is 0 Å². The van der Waals surface area contributed by atoms with E-state index in [9.17, 15) is 14.7 Å². The number of aromatic hydroxyl groups is 1. The largest absolute Gasteiger partial charge is 0.508 e. The fourth-order valence-electron chi connectivity index (χ4n) is 2.32. The maximum absolute atomic E-state index is 11.9. The van der Waals surface area contributed by atoms with Crippen molar-refractivity contribution in [3.8, 4) is 5.75 Å². The Balaban J connectivity index is 1.74. The number of phenols is 1. The average molecular weight is 345 g/mol. The maximum Gasteiger partial charge on any atom is 0.336 e.